The van der Waals surface area contributed by atoms with Crippen LogP contribution in [0.15, 0.2) is 24.8 Å². The number of hydrogen-bond acceptors (Lipinski definition) is 4. The third kappa shape index (κ3) is 4.98. The van der Waals surface area contributed by atoms with Gasteiger partial charge in [-0.1, -0.05) is 19.9 Å². The van der Waals surface area contributed by atoms with E-state index >= 15 is 0 Å². The summed E-state index contributed by atoms with van der Waals surface area (Å²) in [4.78, 5) is 23.9. The van der Waals surface area contributed by atoms with Gasteiger partial charge in [0.25, 0.3) is 5.91 Å². The van der Waals surface area contributed by atoms with Gasteiger partial charge in [-0.25, -0.2) is 0 Å². The second kappa shape index (κ2) is 8.55. The summed E-state index contributed by atoms with van der Waals surface area (Å²) in [5.74, 6) is -0.382. The minimum absolute atomic E-state index is 0.0552. The first kappa shape index (κ1) is 20.5. The van der Waals surface area contributed by atoms with E-state index in [1.54, 1.807) is 25.1 Å². The zero-order valence-corrected chi connectivity index (χ0v) is 15.5. The second-order valence-corrected chi connectivity index (χ2v) is 6.46. The number of amides is 1. The summed E-state index contributed by atoms with van der Waals surface area (Å²) in [7, 11) is 3.03. The van der Waals surface area contributed by atoms with Crippen LogP contribution in [0.2, 0.25) is 0 Å². The van der Waals surface area contributed by atoms with E-state index in [1.807, 2.05) is 13.8 Å². The molecule has 0 saturated heterocycles. The van der Waals surface area contributed by atoms with Crippen LogP contribution in [0.3, 0.4) is 0 Å². The molecule has 0 heterocycles. The molecule has 1 amide bonds. The highest BCUT2D eigenvalue weighted by Gasteiger charge is 2.33. The fraction of sp³-hybridized carbons (Fsp3) is 0.474. The average molecular weight is 349 g/mol. The van der Waals surface area contributed by atoms with Crippen molar-refractivity contribution in [1.29, 1.82) is 0 Å². The maximum absolute atomic E-state index is 12.7. The van der Waals surface area contributed by atoms with E-state index in [4.69, 9.17) is 14.6 Å². The number of ether oxygens (including phenoxy) is 2. The monoisotopic (exact) mass is 349 g/mol. The zero-order chi connectivity index (χ0) is 19.2. The van der Waals surface area contributed by atoms with Gasteiger partial charge in [0.15, 0.2) is 11.5 Å². The molecule has 6 nitrogen and oxygen atoms in total. The number of allylic oxidation sites excluding steroid dienone is 1. The zero-order valence-electron chi connectivity index (χ0n) is 15.5. The summed E-state index contributed by atoms with van der Waals surface area (Å²) in [5, 5.41) is 12.0. The van der Waals surface area contributed by atoms with E-state index in [0.717, 1.165) is 5.56 Å². The van der Waals surface area contributed by atoms with E-state index in [0.29, 0.717) is 23.5 Å². The Bertz CT molecular complexity index is 653. The maximum Gasteiger partial charge on any atom is 0.305 e. The minimum atomic E-state index is -0.962. The Morgan fingerprint density at radius 1 is 1.32 bits per heavy atom. The molecule has 1 rings (SSSR count). The fourth-order valence-corrected chi connectivity index (χ4v) is 2.52. The quantitative estimate of drug-likeness (QED) is 0.669. The number of benzene rings is 1. The molecule has 1 aromatic rings. The van der Waals surface area contributed by atoms with E-state index in [-0.39, 0.29) is 18.2 Å². The van der Waals surface area contributed by atoms with Gasteiger partial charge >= 0.3 is 5.97 Å². The van der Waals surface area contributed by atoms with Gasteiger partial charge in [-0.3, -0.25) is 9.59 Å². The van der Waals surface area contributed by atoms with Crippen LogP contribution >= 0.6 is 0 Å². The third-order valence-electron chi connectivity index (χ3n) is 4.37. The van der Waals surface area contributed by atoms with Gasteiger partial charge in [-0.2, -0.15) is 0 Å². The molecule has 6 heteroatoms. The highest BCUT2D eigenvalue weighted by atomic mass is 16.5. The predicted molar refractivity (Wildman–Crippen MR) is 96.4 cm³/mol. The Morgan fingerprint density at radius 2 is 1.96 bits per heavy atom. The van der Waals surface area contributed by atoms with Crippen LogP contribution in [-0.4, -0.2) is 36.7 Å². The second-order valence-electron chi connectivity index (χ2n) is 6.46. The van der Waals surface area contributed by atoms with Gasteiger partial charge in [-0.15, -0.1) is 6.58 Å². The fourth-order valence-electron chi connectivity index (χ4n) is 2.52. The van der Waals surface area contributed by atoms with Crippen LogP contribution < -0.4 is 14.8 Å². The highest BCUT2D eigenvalue weighted by Crippen LogP contribution is 2.33. The van der Waals surface area contributed by atoms with Gasteiger partial charge in [0.05, 0.1) is 26.2 Å². The number of rotatable bonds is 9. The molecule has 1 unspecified atom stereocenters. The number of carbonyl (C=O) groups is 2. The van der Waals surface area contributed by atoms with Crippen molar-refractivity contribution in [2.24, 2.45) is 5.92 Å². The molecule has 0 aliphatic rings. The van der Waals surface area contributed by atoms with Crippen molar-refractivity contribution < 1.29 is 24.2 Å². The van der Waals surface area contributed by atoms with E-state index in [9.17, 15) is 9.59 Å². The molecule has 0 saturated carbocycles. The summed E-state index contributed by atoms with van der Waals surface area (Å²) < 4.78 is 10.7. The Morgan fingerprint density at radius 3 is 2.40 bits per heavy atom. The Balaban J connectivity index is 3.26. The number of carboxylic acid groups (broad SMARTS) is 1. The number of aliphatic carboxylic acids is 1. The number of methoxy groups -OCH3 is 2. The molecule has 1 atom stereocenters. The Kier molecular flexibility index (Phi) is 7.03. The molecule has 0 fully saturated rings. The molecular formula is C19H27NO5. The predicted octanol–water partition coefficient (Wildman–Crippen LogP) is 3.05. The van der Waals surface area contributed by atoms with Crippen LogP contribution in [0.1, 0.15) is 43.1 Å². The summed E-state index contributed by atoms with van der Waals surface area (Å²) >= 11 is 0. The lowest BCUT2D eigenvalue weighted by molar-refractivity contribution is -0.138. The largest absolute Gasteiger partial charge is 0.493 e. The van der Waals surface area contributed by atoms with E-state index in [1.165, 1.54) is 14.2 Å². The van der Waals surface area contributed by atoms with Gasteiger partial charge in [0, 0.05) is 11.1 Å². The number of carbonyl (C=O) groups excluding carboxylic acids is 1. The normalized spacial score (nSPS) is 13.0. The summed E-state index contributed by atoms with van der Waals surface area (Å²) in [6, 6.07) is 3.29. The molecule has 0 bridgehead atoms. The standard InChI is InChI=1S/C19H27NO5/c1-7-8-13-9-14(10-15(24-5)17(13)25-6)18(23)20-19(4,12(2)3)11-16(21)22/h7,9-10,12H,1,8,11H2,2-6H3,(H,20,23)(H,21,22). The molecule has 2 N–H and O–H groups in total. The summed E-state index contributed by atoms with van der Waals surface area (Å²) in [6.45, 7) is 9.20. The van der Waals surface area contributed by atoms with E-state index < -0.39 is 11.5 Å². The summed E-state index contributed by atoms with van der Waals surface area (Å²) in [6.07, 6.45) is 2.06. The van der Waals surface area contributed by atoms with Crippen molar-refractivity contribution in [2.75, 3.05) is 14.2 Å². The molecule has 1 aromatic carbocycles. The van der Waals surface area contributed by atoms with Crippen LogP contribution in [0.5, 0.6) is 11.5 Å². The maximum atomic E-state index is 12.7. The van der Waals surface area contributed by atoms with E-state index in [2.05, 4.69) is 11.9 Å². The van der Waals surface area contributed by atoms with Crippen LogP contribution in [-0.2, 0) is 11.2 Å². The molecule has 0 aromatic heterocycles. The van der Waals surface area contributed by atoms with Crippen LogP contribution in [0.4, 0.5) is 0 Å². The molecule has 0 radical (unpaired) electrons. The van der Waals surface area contributed by atoms with Gasteiger partial charge < -0.3 is 19.9 Å². The molecule has 138 valence electrons. The van der Waals surface area contributed by atoms with Crippen molar-refractivity contribution in [3.63, 3.8) is 0 Å². The first-order chi connectivity index (χ1) is 11.7. The van der Waals surface area contributed by atoms with Crippen molar-refractivity contribution >= 4 is 11.9 Å². The lowest BCUT2D eigenvalue weighted by Gasteiger charge is -2.33. The lowest BCUT2D eigenvalue weighted by atomic mass is 9.85. The molecule has 0 aliphatic heterocycles. The van der Waals surface area contributed by atoms with Crippen LogP contribution in [0.25, 0.3) is 0 Å². The first-order valence-corrected chi connectivity index (χ1v) is 8.08. The van der Waals surface area contributed by atoms with Crippen molar-refractivity contribution in [3.05, 3.63) is 35.9 Å². The number of carboxylic acids is 1. The van der Waals surface area contributed by atoms with Crippen molar-refractivity contribution in [2.45, 2.75) is 39.2 Å². The molecule has 0 spiro atoms. The number of nitrogens with one attached hydrogen (secondary N) is 1. The molecule has 0 aliphatic carbocycles. The van der Waals surface area contributed by atoms with Crippen molar-refractivity contribution in [1.82, 2.24) is 5.32 Å². The Hall–Kier alpha value is -2.50. The minimum Gasteiger partial charge on any atom is -0.493 e. The van der Waals surface area contributed by atoms with Gasteiger partial charge in [0.2, 0.25) is 0 Å². The highest BCUT2D eigenvalue weighted by molar-refractivity contribution is 5.96. The molecule has 25 heavy (non-hydrogen) atoms. The van der Waals surface area contributed by atoms with Gasteiger partial charge in [-0.05, 0) is 31.4 Å². The molecular weight excluding hydrogens is 322 g/mol. The SMILES string of the molecule is C=CCc1cc(C(=O)NC(C)(CC(=O)O)C(C)C)cc(OC)c1OC. The van der Waals surface area contributed by atoms with Crippen molar-refractivity contribution in [3.8, 4) is 11.5 Å². The average Bonchev–Trinajstić information content (AvgIpc) is 2.53. The third-order valence-corrected chi connectivity index (χ3v) is 4.37. The Labute approximate surface area is 148 Å². The topological polar surface area (TPSA) is 84.9 Å². The first-order valence-electron chi connectivity index (χ1n) is 8.08. The summed E-state index contributed by atoms with van der Waals surface area (Å²) in [5.41, 5.74) is 0.285. The van der Waals surface area contributed by atoms with Crippen LogP contribution in [0, 0.1) is 5.92 Å². The lowest BCUT2D eigenvalue weighted by Crippen LogP contribution is -2.51. The number of hydrogen-bond donors (Lipinski definition) is 2. The van der Waals surface area contributed by atoms with Gasteiger partial charge in [0.1, 0.15) is 0 Å². The smallest absolute Gasteiger partial charge is 0.305 e.